The lowest BCUT2D eigenvalue weighted by molar-refractivity contribution is -0.122. The molecule has 0 saturated heterocycles. The third-order valence-electron chi connectivity index (χ3n) is 4.68. The van der Waals surface area contributed by atoms with Crippen LogP contribution < -0.4 is 16.0 Å². The maximum Gasteiger partial charge on any atom is 0.224 e. The number of anilines is 2. The lowest BCUT2D eigenvalue weighted by Gasteiger charge is -2.16. The van der Waals surface area contributed by atoms with E-state index in [0.717, 1.165) is 24.2 Å². The van der Waals surface area contributed by atoms with Crippen LogP contribution in [0.1, 0.15) is 44.2 Å². The predicted molar refractivity (Wildman–Crippen MR) is 109 cm³/mol. The number of rotatable bonds is 9. The van der Waals surface area contributed by atoms with Crippen molar-refractivity contribution in [1.82, 2.24) is 5.32 Å². The fourth-order valence-electron chi connectivity index (χ4n) is 2.90. The van der Waals surface area contributed by atoms with Crippen molar-refractivity contribution in [2.45, 2.75) is 38.6 Å². The maximum absolute atomic E-state index is 12.0. The second kappa shape index (κ2) is 9.21. The average molecular weight is 365 g/mol. The standard InChI is InChI=1S/C22H27N3O2/c1-16(17-6-3-2-4-7-17)24-19-11-13-20(14-12-19)25-21(26)8-5-15-23-22(27)18-9-10-18/h2-4,6-7,11-14,16,18,24H,5,8-10,15H2,1H3,(H,23,27)(H,25,26). The van der Waals surface area contributed by atoms with E-state index in [1.54, 1.807) is 0 Å². The number of hydrogen-bond donors (Lipinski definition) is 3. The number of nitrogens with one attached hydrogen (secondary N) is 3. The van der Waals surface area contributed by atoms with Crippen LogP contribution in [-0.4, -0.2) is 18.4 Å². The highest BCUT2D eigenvalue weighted by atomic mass is 16.2. The molecule has 1 unspecified atom stereocenters. The fourth-order valence-corrected chi connectivity index (χ4v) is 2.90. The first-order valence-electron chi connectivity index (χ1n) is 9.61. The summed E-state index contributed by atoms with van der Waals surface area (Å²) in [6, 6.07) is 18.2. The molecule has 5 nitrogen and oxygen atoms in total. The van der Waals surface area contributed by atoms with E-state index in [-0.39, 0.29) is 23.8 Å². The highest BCUT2D eigenvalue weighted by molar-refractivity contribution is 5.90. The normalized spacial score (nSPS) is 14.3. The minimum atomic E-state index is -0.0333. The minimum Gasteiger partial charge on any atom is -0.379 e. The Morgan fingerprint density at radius 3 is 2.33 bits per heavy atom. The molecule has 3 rings (SSSR count). The topological polar surface area (TPSA) is 70.2 Å². The smallest absolute Gasteiger partial charge is 0.224 e. The van der Waals surface area contributed by atoms with E-state index >= 15 is 0 Å². The molecule has 1 atom stereocenters. The van der Waals surface area contributed by atoms with Crippen LogP contribution in [0, 0.1) is 5.92 Å². The van der Waals surface area contributed by atoms with Gasteiger partial charge in [0, 0.05) is 36.3 Å². The van der Waals surface area contributed by atoms with Crippen LogP contribution in [0.25, 0.3) is 0 Å². The zero-order valence-electron chi connectivity index (χ0n) is 15.7. The minimum absolute atomic E-state index is 0.0333. The van der Waals surface area contributed by atoms with Crippen LogP contribution in [0.15, 0.2) is 54.6 Å². The molecular weight excluding hydrogens is 338 g/mol. The van der Waals surface area contributed by atoms with Crippen molar-refractivity contribution in [3.8, 4) is 0 Å². The van der Waals surface area contributed by atoms with E-state index in [2.05, 4.69) is 35.0 Å². The zero-order chi connectivity index (χ0) is 19.1. The molecule has 0 aromatic heterocycles. The molecule has 0 aliphatic heterocycles. The molecule has 27 heavy (non-hydrogen) atoms. The van der Waals surface area contributed by atoms with Gasteiger partial charge >= 0.3 is 0 Å². The van der Waals surface area contributed by atoms with Gasteiger partial charge in [-0.3, -0.25) is 9.59 Å². The van der Waals surface area contributed by atoms with Crippen molar-refractivity contribution < 1.29 is 9.59 Å². The van der Waals surface area contributed by atoms with E-state index in [0.29, 0.717) is 19.4 Å². The third kappa shape index (κ3) is 6.13. The van der Waals surface area contributed by atoms with E-state index < -0.39 is 0 Å². The van der Waals surface area contributed by atoms with Gasteiger partial charge < -0.3 is 16.0 Å². The Kier molecular flexibility index (Phi) is 6.47. The van der Waals surface area contributed by atoms with Gasteiger partial charge in [0.1, 0.15) is 0 Å². The van der Waals surface area contributed by atoms with Crippen LogP contribution in [0.3, 0.4) is 0 Å². The Morgan fingerprint density at radius 2 is 1.67 bits per heavy atom. The summed E-state index contributed by atoms with van der Waals surface area (Å²) in [7, 11) is 0. The molecule has 1 aliphatic rings. The van der Waals surface area contributed by atoms with Gasteiger partial charge in [-0.05, 0) is 56.0 Å². The molecule has 2 aromatic rings. The van der Waals surface area contributed by atoms with Gasteiger partial charge in [-0.25, -0.2) is 0 Å². The average Bonchev–Trinajstić information content (AvgIpc) is 3.53. The fraction of sp³-hybridized carbons (Fsp3) is 0.364. The van der Waals surface area contributed by atoms with Gasteiger partial charge in [-0.15, -0.1) is 0 Å². The Bertz CT molecular complexity index is 755. The number of hydrogen-bond acceptors (Lipinski definition) is 3. The Balaban J connectivity index is 1.39. The number of benzene rings is 2. The summed E-state index contributed by atoms with van der Waals surface area (Å²) in [6.07, 6.45) is 3.05. The third-order valence-corrected chi connectivity index (χ3v) is 4.68. The van der Waals surface area contributed by atoms with E-state index in [9.17, 15) is 9.59 Å². The summed E-state index contributed by atoms with van der Waals surface area (Å²) >= 11 is 0. The van der Waals surface area contributed by atoms with Crippen LogP contribution in [0.2, 0.25) is 0 Å². The SMILES string of the molecule is CC(Nc1ccc(NC(=O)CCCNC(=O)C2CC2)cc1)c1ccccc1. The first-order chi connectivity index (χ1) is 13.1. The first kappa shape index (κ1) is 19.0. The molecule has 0 bridgehead atoms. The lowest BCUT2D eigenvalue weighted by Crippen LogP contribution is -2.26. The Hall–Kier alpha value is -2.82. The maximum atomic E-state index is 12.0. The van der Waals surface area contributed by atoms with Gasteiger partial charge in [-0.1, -0.05) is 30.3 Å². The van der Waals surface area contributed by atoms with Crippen LogP contribution in [0.4, 0.5) is 11.4 Å². The molecule has 3 N–H and O–H groups in total. The molecule has 0 spiro atoms. The summed E-state index contributed by atoms with van der Waals surface area (Å²) in [6.45, 7) is 2.68. The van der Waals surface area contributed by atoms with Crippen LogP contribution >= 0.6 is 0 Å². The lowest BCUT2D eigenvalue weighted by atomic mass is 10.1. The highest BCUT2D eigenvalue weighted by Gasteiger charge is 2.28. The van der Waals surface area contributed by atoms with Gasteiger partial charge in [0.15, 0.2) is 0 Å². The number of carbonyl (C=O) groups is 2. The van der Waals surface area contributed by atoms with Crippen molar-refractivity contribution in [1.29, 1.82) is 0 Å². The number of carbonyl (C=O) groups excluding carboxylic acids is 2. The summed E-state index contributed by atoms with van der Waals surface area (Å²) in [5.74, 6) is 0.313. The molecule has 0 radical (unpaired) electrons. The van der Waals surface area contributed by atoms with Crippen molar-refractivity contribution >= 4 is 23.2 Å². The van der Waals surface area contributed by atoms with Crippen LogP contribution in [0.5, 0.6) is 0 Å². The van der Waals surface area contributed by atoms with Crippen molar-refractivity contribution in [3.05, 3.63) is 60.2 Å². The molecule has 1 fully saturated rings. The highest BCUT2D eigenvalue weighted by Crippen LogP contribution is 2.28. The largest absolute Gasteiger partial charge is 0.379 e. The van der Waals surface area contributed by atoms with Gasteiger partial charge in [0.25, 0.3) is 0 Å². The van der Waals surface area contributed by atoms with Gasteiger partial charge in [0.05, 0.1) is 0 Å². The van der Waals surface area contributed by atoms with Crippen molar-refractivity contribution in [2.24, 2.45) is 5.92 Å². The van der Waals surface area contributed by atoms with Crippen molar-refractivity contribution in [3.63, 3.8) is 0 Å². The Morgan fingerprint density at radius 1 is 1.00 bits per heavy atom. The van der Waals surface area contributed by atoms with E-state index in [1.165, 1.54) is 5.56 Å². The van der Waals surface area contributed by atoms with Gasteiger partial charge in [-0.2, -0.15) is 0 Å². The first-order valence-corrected chi connectivity index (χ1v) is 9.61. The summed E-state index contributed by atoms with van der Waals surface area (Å²) in [5.41, 5.74) is 3.01. The van der Waals surface area contributed by atoms with Crippen molar-refractivity contribution in [2.75, 3.05) is 17.2 Å². The molecular formula is C22H27N3O2. The monoisotopic (exact) mass is 365 g/mol. The molecule has 142 valence electrons. The Labute approximate surface area is 160 Å². The zero-order valence-corrected chi connectivity index (χ0v) is 15.7. The predicted octanol–water partition coefficient (Wildman–Crippen LogP) is 4.10. The second-order valence-electron chi connectivity index (χ2n) is 7.07. The molecule has 2 aromatic carbocycles. The quantitative estimate of drug-likeness (QED) is 0.586. The summed E-state index contributed by atoms with van der Waals surface area (Å²) < 4.78 is 0. The molecule has 1 aliphatic carbocycles. The molecule has 2 amide bonds. The molecule has 5 heteroatoms. The molecule has 1 saturated carbocycles. The summed E-state index contributed by atoms with van der Waals surface area (Å²) in [4.78, 5) is 23.5. The summed E-state index contributed by atoms with van der Waals surface area (Å²) in [5, 5.41) is 9.23. The van der Waals surface area contributed by atoms with E-state index in [4.69, 9.17) is 0 Å². The van der Waals surface area contributed by atoms with Gasteiger partial charge in [0.2, 0.25) is 11.8 Å². The number of amides is 2. The molecule has 0 heterocycles. The van der Waals surface area contributed by atoms with Crippen LogP contribution in [-0.2, 0) is 9.59 Å². The van der Waals surface area contributed by atoms with E-state index in [1.807, 2.05) is 42.5 Å². The second-order valence-corrected chi connectivity index (χ2v) is 7.07.